The molecule has 1 atom stereocenters. The lowest BCUT2D eigenvalue weighted by molar-refractivity contribution is 0.0636. The first-order chi connectivity index (χ1) is 9.55. The predicted molar refractivity (Wildman–Crippen MR) is 79.9 cm³/mol. The Morgan fingerprint density at radius 1 is 1.30 bits per heavy atom. The average molecular weight is 278 g/mol. The molecule has 2 aromatic rings. The van der Waals surface area contributed by atoms with E-state index in [9.17, 15) is 5.11 Å². The van der Waals surface area contributed by atoms with Crippen molar-refractivity contribution in [3.05, 3.63) is 6.33 Å². The highest BCUT2D eigenvalue weighted by molar-refractivity contribution is 5.83. The number of H-pyrrole nitrogens is 1. The molecule has 0 spiro atoms. The molecule has 0 saturated heterocycles. The van der Waals surface area contributed by atoms with Gasteiger partial charge in [0.1, 0.15) is 5.52 Å². The lowest BCUT2D eigenvalue weighted by atomic mass is 10.0. The highest BCUT2D eigenvalue weighted by Gasteiger charge is 2.20. The van der Waals surface area contributed by atoms with Gasteiger partial charge in [0.05, 0.1) is 11.9 Å². The van der Waals surface area contributed by atoms with Crippen LogP contribution in [0, 0.1) is 0 Å². The van der Waals surface area contributed by atoms with Crippen LogP contribution in [0.2, 0.25) is 0 Å². The minimum Gasteiger partial charge on any atom is -0.388 e. The van der Waals surface area contributed by atoms with Crippen LogP contribution in [0.3, 0.4) is 0 Å². The summed E-state index contributed by atoms with van der Waals surface area (Å²) < 4.78 is 0. The number of fused-ring (bicyclic) bond motifs is 1. The van der Waals surface area contributed by atoms with Crippen molar-refractivity contribution < 1.29 is 5.11 Å². The van der Waals surface area contributed by atoms with Crippen molar-refractivity contribution in [3.63, 3.8) is 0 Å². The van der Waals surface area contributed by atoms with Crippen molar-refractivity contribution in [2.75, 3.05) is 23.7 Å². The number of nitrogens with one attached hydrogen (secondary N) is 3. The van der Waals surface area contributed by atoms with Crippen LogP contribution in [0.5, 0.6) is 0 Å². The molecule has 0 radical (unpaired) electrons. The van der Waals surface area contributed by atoms with Crippen LogP contribution >= 0.6 is 0 Å². The van der Waals surface area contributed by atoms with Crippen molar-refractivity contribution in [3.8, 4) is 0 Å². The Bertz CT molecular complexity index is 565. The van der Waals surface area contributed by atoms with Gasteiger partial charge in [0.15, 0.2) is 11.5 Å². The second kappa shape index (κ2) is 6.04. The number of aromatic nitrogens is 4. The van der Waals surface area contributed by atoms with E-state index in [1.165, 1.54) is 0 Å². The van der Waals surface area contributed by atoms with Crippen molar-refractivity contribution >= 4 is 22.9 Å². The van der Waals surface area contributed by atoms with E-state index in [1.807, 2.05) is 13.8 Å². The Kier molecular flexibility index (Phi) is 4.39. The lowest BCUT2D eigenvalue weighted by Gasteiger charge is -2.23. The van der Waals surface area contributed by atoms with Gasteiger partial charge in [-0.3, -0.25) is 0 Å². The van der Waals surface area contributed by atoms with Gasteiger partial charge in [-0.25, -0.2) is 4.98 Å². The number of hydrogen-bond acceptors (Lipinski definition) is 6. The van der Waals surface area contributed by atoms with Crippen molar-refractivity contribution in [2.45, 2.75) is 39.2 Å². The summed E-state index contributed by atoms with van der Waals surface area (Å²) in [7, 11) is 0. The van der Waals surface area contributed by atoms with E-state index in [1.54, 1.807) is 6.33 Å². The smallest absolute Gasteiger partial charge is 0.226 e. The van der Waals surface area contributed by atoms with Gasteiger partial charge in [0.25, 0.3) is 0 Å². The molecule has 4 N–H and O–H groups in total. The Morgan fingerprint density at radius 2 is 2.10 bits per heavy atom. The first kappa shape index (κ1) is 14.5. The molecule has 2 heterocycles. The Hall–Kier alpha value is -1.89. The molecule has 0 aliphatic carbocycles. The molecule has 0 bridgehead atoms. The molecule has 0 amide bonds. The van der Waals surface area contributed by atoms with Crippen LogP contribution in [0.15, 0.2) is 6.33 Å². The zero-order chi connectivity index (χ0) is 14.6. The third-order valence-electron chi connectivity index (χ3n) is 3.05. The maximum absolute atomic E-state index is 10.2. The average Bonchev–Trinajstić information content (AvgIpc) is 2.84. The molecule has 0 saturated carbocycles. The number of aromatic amines is 1. The monoisotopic (exact) mass is 278 g/mol. The number of hydrogen-bond donors (Lipinski definition) is 4. The van der Waals surface area contributed by atoms with Gasteiger partial charge in [0.2, 0.25) is 5.95 Å². The fraction of sp³-hybridized carbons (Fsp3) is 0.615. The molecule has 0 fully saturated rings. The summed E-state index contributed by atoms with van der Waals surface area (Å²) in [5.41, 5.74) is 0.595. The summed E-state index contributed by atoms with van der Waals surface area (Å²) >= 11 is 0. The van der Waals surface area contributed by atoms with E-state index in [0.29, 0.717) is 24.0 Å². The first-order valence-corrected chi connectivity index (χ1v) is 6.97. The zero-order valence-corrected chi connectivity index (χ0v) is 12.2. The summed E-state index contributed by atoms with van der Waals surface area (Å²) in [6.07, 6.45) is 3.25. The van der Waals surface area contributed by atoms with Gasteiger partial charge in [-0.15, -0.1) is 0 Å². The highest BCUT2D eigenvalue weighted by Crippen LogP contribution is 2.20. The SMILES string of the molecule is CCCC(C)(O)CNc1nc(NCC)nc2nc[nH]c12. The molecule has 0 aliphatic rings. The lowest BCUT2D eigenvalue weighted by Crippen LogP contribution is -2.33. The standard InChI is InChI=1S/C13H22N6O/c1-4-6-13(3,20)7-15-10-9-11(17-8-16-9)19-12(18-10)14-5-2/h8,20H,4-7H2,1-3H3,(H3,14,15,16,17,18,19). The van der Waals surface area contributed by atoms with Crippen LogP contribution < -0.4 is 10.6 Å². The second-order valence-corrected chi connectivity index (χ2v) is 5.13. The van der Waals surface area contributed by atoms with Crippen LogP contribution in [-0.4, -0.2) is 43.7 Å². The van der Waals surface area contributed by atoms with Gasteiger partial charge in [-0.05, 0) is 20.3 Å². The fourth-order valence-electron chi connectivity index (χ4n) is 2.10. The van der Waals surface area contributed by atoms with E-state index in [0.717, 1.165) is 24.9 Å². The minimum atomic E-state index is -0.760. The van der Waals surface area contributed by atoms with Gasteiger partial charge in [0, 0.05) is 13.1 Å². The number of rotatable bonds is 7. The van der Waals surface area contributed by atoms with Crippen molar-refractivity contribution in [2.24, 2.45) is 0 Å². The quantitative estimate of drug-likeness (QED) is 0.616. The van der Waals surface area contributed by atoms with Gasteiger partial charge in [-0.1, -0.05) is 13.3 Å². The summed E-state index contributed by atoms with van der Waals surface area (Å²) in [5.74, 6) is 1.18. The molecule has 2 rings (SSSR count). The summed E-state index contributed by atoms with van der Waals surface area (Å²) in [6, 6.07) is 0. The van der Waals surface area contributed by atoms with Gasteiger partial charge < -0.3 is 20.7 Å². The largest absolute Gasteiger partial charge is 0.388 e. The molecule has 0 aliphatic heterocycles. The van der Waals surface area contributed by atoms with E-state index in [-0.39, 0.29) is 0 Å². The molecule has 110 valence electrons. The highest BCUT2D eigenvalue weighted by atomic mass is 16.3. The molecular formula is C13H22N6O. The molecule has 7 heteroatoms. The molecular weight excluding hydrogens is 256 g/mol. The fourth-order valence-corrected chi connectivity index (χ4v) is 2.10. The second-order valence-electron chi connectivity index (χ2n) is 5.13. The third-order valence-corrected chi connectivity index (χ3v) is 3.05. The number of anilines is 2. The number of aliphatic hydroxyl groups is 1. The Labute approximate surface area is 118 Å². The Morgan fingerprint density at radius 3 is 2.80 bits per heavy atom. The molecule has 20 heavy (non-hydrogen) atoms. The van der Waals surface area contributed by atoms with Crippen LogP contribution in [0.25, 0.3) is 11.2 Å². The molecule has 7 nitrogen and oxygen atoms in total. The predicted octanol–water partition coefficient (Wildman–Crippen LogP) is 1.75. The van der Waals surface area contributed by atoms with E-state index in [4.69, 9.17) is 0 Å². The summed E-state index contributed by atoms with van der Waals surface area (Å²) in [5, 5.41) is 16.5. The van der Waals surface area contributed by atoms with Crippen LogP contribution in [-0.2, 0) is 0 Å². The van der Waals surface area contributed by atoms with Crippen molar-refractivity contribution in [1.82, 2.24) is 19.9 Å². The minimum absolute atomic E-state index is 0.428. The number of imidazole rings is 1. The normalized spacial score (nSPS) is 14.2. The maximum atomic E-state index is 10.2. The Balaban J connectivity index is 2.21. The zero-order valence-electron chi connectivity index (χ0n) is 12.2. The topological polar surface area (TPSA) is 98.8 Å². The van der Waals surface area contributed by atoms with E-state index < -0.39 is 5.60 Å². The molecule has 2 aromatic heterocycles. The van der Waals surface area contributed by atoms with Gasteiger partial charge in [-0.2, -0.15) is 9.97 Å². The van der Waals surface area contributed by atoms with Gasteiger partial charge >= 0.3 is 0 Å². The maximum Gasteiger partial charge on any atom is 0.226 e. The van der Waals surface area contributed by atoms with Crippen molar-refractivity contribution in [1.29, 1.82) is 0 Å². The van der Waals surface area contributed by atoms with E-state index in [2.05, 4.69) is 37.5 Å². The molecule has 0 aromatic carbocycles. The third kappa shape index (κ3) is 3.36. The number of nitrogens with zero attached hydrogens (tertiary/aromatic N) is 3. The molecule has 1 unspecified atom stereocenters. The van der Waals surface area contributed by atoms with E-state index >= 15 is 0 Å². The summed E-state index contributed by atoms with van der Waals surface area (Å²) in [6.45, 7) is 7.02. The summed E-state index contributed by atoms with van der Waals surface area (Å²) in [4.78, 5) is 15.9. The first-order valence-electron chi connectivity index (χ1n) is 6.97. The van der Waals surface area contributed by atoms with Crippen LogP contribution in [0.4, 0.5) is 11.8 Å². The van der Waals surface area contributed by atoms with Crippen LogP contribution in [0.1, 0.15) is 33.6 Å².